The number of sulfonamides is 1. The maximum absolute atomic E-state index is 12.1. The van der Waals surface area contributed by atoms with E-state index < -0.39 is 10.0 Å². The van der Waals surface area contributed by atoms with Crippen LogP contribution in [0.5, 0.6) is 0 Å². The number of aryl methyl sites for hydroxylation is 1. The van der Waals surface area contributed by atoms with Gasteiger partial charge in [-0.3, -0.25) is 9.52 Å². The Morgan fingerprint density at radius 2 is 2.00 bits per heavy atom. The first kappa shape index (κ1) is 15.4. The van der Waals surface area contributed by atoms with E-state index in [1.165, 1.54) is 19.2 Å². The van der Waals surface area contributed by atoms with E-state index in [9.17, 15) is 13.2 Å². The molecule has 0 aliphatic rings. The number of carbonyl (C=O) groups is 1. The lowest BCUT2D eigenvalue weighted by Gasteiger charge is -2.06. The summed E-state index contributed by atoms with van der Waals surface area (Å²) in [5.74, 6) is 0.124. The fourth-order valence-electron chi connectivity index (χ4n) is 1.54. The zero-order valence-corrected chi connectivity index (χ0v) is 13.0. The van der Waals surface area contributed by atoms with Gasteiger partial charge in [0, 0.05) is 11.5 Å². The highest BCUT2D eigenvalue weighted by atomic mass is 32.2. The minimum Gasteiger partial charge on any atom is -0.469 e. The number of hydrogen-bond donors (Lipinski definition) is 1. The van der Waals surface area contributed by atoms with Gasteiger partial charge in [-0.1, -0.05) is 12.1 Å². The molecule has 0 amide bonds. The Kier molecular flexibility index (Phi) is 4.53. The molecule has 0 aliphatic heterocycles. The van der Waals surface area contributed by atoms with Gasteiger partial charge in [-0.15, -0.1) is 0 Å². The quantitative estimate of drug-likeness (QED) is 0.833. The van der Waals surface area contributed by atoms with Crippen LogP contribution >= 0.6 is 11.5 Å². The van der Waals surface area contributed by atoms with Gasteiger partial charge in [0.1, 0.15) is 5.82 Å². The lowest BCUT2D eigenvalue weighted by molar-refractivity contribution is -0.139. The molecule has 0 aliphatic carbocycles. The van der Waals surface area contributed by atoms with E-state index in [2.05, 4.69) is 18.8 Å². The Balaban J connectivity index is 2.15. The number of hydrogen-bond acceptors (Lipinski definition) is 7. The van der Waals surface area contributed by atoms with E-state index in [0.717, 1.165) is 11.5 Å². The highest BCUT2D eigenvalue weighted by Crippen LogP contribution is 2.18. The third-order valence-electron chi connectivity index (χ3n) is 2.56. The number of anilines is 1. The third kappa shape index (κ3) is 3.99. The van der Waals surface area contributed by atoms with Crippen LogP contribution in [-0.4, -0.2) is 30.9 Å². The summed E-state index contributed by atoms with van der Waals surface area (Å²) in [4.78, 5) is 15.2. The number of nitrogens with zero attached hydrogens (tertiary/aromatic N) is 2. The molecule has 9 heteroatoms. The minimum absolute atomic E-state index is 0.0870. The number of nitrogens with one attached hydrogen (secondary N) is 1. The van der Waals surface area contributed by atoms with Crippen molar-refractivity contribution in [2.75, 3.05) is 11.8 Å². The molecule has 112 valence electrons. The molecular weight excluding hydrogens is 314 g/mol. The molecule has 21 heavy (non-hydrogen) atoms. The first-order chi connectivity index (χ1) is 9.90. The summed E-state index contributed by atoms with van der Waals surface area (Å²) in [6, 6.07) is 5.98. The summed E-state index contributed by atoms with van der Waals surface area (Å²) in [5.41, 5.74) is 0.674. The summed E-state index contributed by atoms with van der Waals surface area (Å²) in [5, 5.41) is 0.214. The predicted octanol–water partition coefficient (Wildman–Crippen LogP) is 1.36. The van der Waals surface area contributed by atoms with Gasteiger partial charge in [0.05, 0.1) is 18.4 Å². The van der Waals surface area contributed by atoms with E-state index in [4.69, 9.17) is 0 Å². The van der Waals surface area contributed by atoms with Crippen molar-refractivity contribution in [3.63, 3.8) is 0 Å². The Morgan fingerprint density at radius 3 is 2.52 bits per heavy atom. The minimum atomic E-state index is -3.71. The third-order valence-corrected chi connectivity index (χ3v) is 4.76. The number of methoxy groups -OCH3 is 1. The zero-order valence-electron chi connectivity index (χ0n) is 11.4. The highest BCUT2D eigenvalue weighted by Gasteiger charge is 2.16. The summed E-state index contributed by atoms with van der Waals surface area (Å²) in [6.45, 7) is 1.68. The van der Waals surface area contributed by atoms with Crippen molar-refractivity contribution in [1.82, 2.24) is 9.36 Å². The number of rotatable bonds is 5. The molecule has 1 N–H and O–H groups in total. The molecular formula is C12H13N3O4S2. The second-order valence-corrected chi connectivity index (χ2v) is 6.58. The van der Waals surface area contributed by atoms with Crippen molar-refractivity contribution in [3.05, 3.63) is 35.7 Å². The smallest absolute Gasteiger partial charge is 0.309 e. The van der Waals surface area contributed by atoms with Gasteiger partial charge >= 0.3 is 5.97 Å². The van der Waals surface area contributed by atoms with Gasteiger partial charge in [0.2, 0.25) is 5.13 Å². The topological polar surface area (TPSA) is 98.2 Å². The maximum Gasteiger partial charge on any atom is 0.309 e. The Hall–Kier alpha value is -2.00. The van der Waals surface area contributed by atoms with Gasteiger partial charge in [0.25, 0.3) is 10.0 Å². The molecule has 0 saturated heterocycles. The van der Waals surface area contributed by atoms with E-state index in [-0.39, 0.29) is 22.4 Å². The number of esters is 1. The van der Waals surface area contributed by atoms with Crippen LogP contribution in [0, 0.1) is 6.92 Å². The van der Waals surface area contributed by atoms with Gasteiger partial charge in [-0.05, 0) is 24.6 Å². The van der Waals surface area contributed by atoms with Crippen molar-refractivity contribution in [2.45, 2.75) is 18.2 Å². The number of aromatic nitrogens is 2. The van der Waals surface area contributed by atoms with E-state index in [1.807, 2.05) is 0 Å². The number of benzene rings is 1. The van der Waals surface area contributed by atoms with Crippen LogP contribution < -0.4 is 4.72 Å². The highest BCUT2D eigenvalue weighted by molar-refractivity contribution is 7.93. The molecule has 0 saturated carbocycles. The molecule has 0 atom stereocenters. The first-order valence-corrected chi connectivity index (χ1v) is 8.15. The summed E-state index contributed by atoms with van der Waals surface area (Å²) >= 11 is 0.973. The fourth-order valence-corrected chi connectivity index (χ4v) is 3.34. The summed E-state index contributed by atoms with van der Waals surface area (Å²) < 4.78 is 35.1. The Bertz CT molecular complexity index is 738. The Labute approximate surface area is 126 Å². The van der Waals surface area contributed by atoms with Crippen LogP contribution in [0.1, 0.15) is 11.4 Å². The van der Waals surface area contributed by atoms with Crippen LogP contribution in [0.15, 0.2) is 29.2 Å². The average molecular weight is 327 g/mol. The Morgan fingerprint density at radius 1 is 1.33 bits per heavy atom. The standard InChI is InChI=1S/C12H13N3O4S2/c1-8-13-12(20-14-8)15-21(17,18)10-5-3-9(4-6-10)7-11(16)19-2/h3-6H,7H2,1-2H3,(H,13,14,15). The molecule has 1 heterocycles. The van der Waals surface area contributed by atoms with Crippen molar-refractivity contribution < 1.29 is 17.9 Å². The molecule has 7 nitrogen and oxygen atoms in total. The van der Waals surface area contributed by atoms with E-state index in [1.54, 1.807) is 19.1 Å². The van der Waals surface area contributed by atoms with E-state index in [0.29, 0.717) is 11.4 Å². The molecule has 0 spiro atoms. The van der Waals surface area contributed by atoms with Crippen LogP contribution in [0.2, 0.25) is 0 Å². The van der Waals surface area contributed by atoms with Gasteiger partial charge in [0.15, 0.2) is 0 Å². The lowest BCUT2D eigenvalue weighted by Crippen LogP contribution is -2.13. The molecule has 1 aromatic carbocycles. The van der Waals surface area contributed by atoms with Crippen LogP contribution in [0.3, 0.4) is 0 Å². The second kappa shape index (κ2) is 6.19. The van der Waals surface area contributed by atoms with Gasteiger partial charge in [-0.2, -0.15) is 4.37 Å². The largest absolute Gasteiger partial charge is 0.469 e. The zero-order chi connectivity index (χ0) is 15.5. The van der Waals surface area contributed by atoms with Crippen molar-refractivity contribution >= 4 is 32.7 Å². The first-order valence-electron chi connectivity index (χ1n) is 5.89. The van der Waals surface area contributed by atoms with Crippen LogP contribution in [0.25, 0.3) is 0 Å². The van der Waals surface area contributed by atoms with E-state index >= 15 is 0 Å². The molecule has 1 aromatic heterocycles. The SMILES string of the molecule is COC(=O)Cc1ccc(S(=O)(=O)Nc2nc(C)ns2)cc1. The van der Waals surface area contributed by atoms with Crippen molar-refractivity contribution in [1.29, 1.82) is 0 Å². The van der Waals surface area contributed by atoms with Crippen LogP contribution in [0.4, 0.5) is 5.13 Å². The number of ether oxygens (including phenoxy) is 1. The molecule has 0 fully saturated rings. The number of carbonyl (C=O) groups excluding carboxylic acids is 1. The molecule has 0 unspecified atom stereocenters. The monoisotopic (exact) mass is 327 g/mol. The molecule has 2 aromatic rings. The average Bonchev–Trinajstić information content (AvgIpc) is 2.83. The normalized spacial score (nSPS) is 11.1. The summed E-state index contributed by atoms with van der Waals surface area (Å²) in [7, 11) is -2.41. The van der Waals surface area contributed by atoms with Crippen molar-refractivity contribution in [3.8, 4) is 0 Å². The van der Waals surface area contributed by atoms with Gasteiger partial charge < -0.3 is 4.74 Å². The molecule has 2 rings (SSSR count). The fraction of sp³-hybridized carbons (Fsp3) is 0.250. The maximum atomic E-state index is 12.1. The van der Waals surface area contributed by atoms with Crippen LogP contribution in [-0.2, 0) is 26.0 Å². The second-order valence-electron chi connectivity index (χ2n) is 4.15. The summed E-state index contributed by atoms with van der Waals surface area (Å²) in [6.07, 6.45) is 0.0971. The van der Waals surface area contributed by atoms with Crippen molar-refractivity contribution in [2.24, 2.45) is 0 Å². The molecule has 0 bridgehead atoms. The predicted molar refractivity (Wildman–Crippen MR) is 77.6 cm³/mol. The molecule has 0 radical (unpaired) electrons. The lowest BCUT2D eigenvalue weighted by atomic mass is 10.2. The van der Waals surface area contributed by atoms with Gasteiger partial charge in [-0.25, -0.2) is 13.4 Å².